The Morgan fingerprint density at radius 1 is 1.10 bits per heavy atom. The number of likely N-dealkylation sites (tertiary alicyclic amines) is 1. The standard InChI is InChI=1S/C22H23ClN4OS/c23-21-11-10-20(29-21)19(28)9-6-17-14-27(15-25-17)18-7-4-16(5-8-18)22(24)26-12-2-1-3-13-26/h4-5,7-8,10-11,14-15,24H,1-3,6,9,12-13H2. The molecule has 1 fully saturated rings. The molecule has 1 N–H and O–H groups in total. The maximum atomic E-state index is 12.2. The van der Waals surface area contributed by atoms with Crippen LogP contribution in [0.15, 0.2) is 48.9 Å². The lowest BCUT2D eigenvalue weighted by Crippen LogP contribution is -2.35. The van der Waals surface area contributed by atoms with Gasteiger partial charge in [-0.05, 0) is 62.1 Å². The van der Waals surface area contributed by atoms with Crippen molar-refractivity contribution in [2.45, 2.75) is 32.1 Å². The summed E-state index contributed by atoms with van der Waals surface area (Å²) in [5.74, 6) is 0.701. The van der Waals surface area contributed by atoms with Crippen LogP contribution in [0.25, 0.3) is 5.69 Å². The van der Waals surface area contributed by atoms with Crippen molar-refractivity contribution < 1.29 is 4.79 Å². The average molecular weight is 427 g/mol. The number of halogens is 1. The molecule has 0 unspecified atom stereocenters. The summed E-state index contributed by atoms with van der Waals surface area (Å²) in [6.07, 6.45) is 8.34. The summed E-state index contributed by atoms with van der Waals surface area (Å²) in [7, 11) is 0. The summed E-state index contributed by atoms with van der Waals surface area (Å²) >= 11 is 7.22. The van der Waals surface area contributed by atoms with Gasteiger partial charge in [0.1, 0.15) is 5.84 Å². The number of amidine groups is 1. The maximum Gasteiger partial charge on any atom is 0.173 e. The first-order chi connectivity index (χ1) is 14.1. The summed E-state index contributed by atoms with van der Waals surface area (Å²) in [5.41, 5.74) is 2.82. The minimum atomic E-state index is 0.0945. The summed E-state index contributed by atoms with van der Waals surface area (Å²) in [6.45, 7) is 1.95. The lowest BCUT2D eigenvalue weighted by Gasteiger charge is -2.29. The molecule has 3 heterocycles. The van der Waals surface area contributed by atoms with Crippen molar-refractivity contribution in [3.63, 3.8) is 0 Å². The van der Waals surface area contributed by atoms with Gasteiger partial charge in [-0.1, -0.05) is 11.6 Å². The fourth-order valence-corrected chi connectivity index (χ4v) is 4.56. The molecule has 0 radical (unpaired) electrons. The van der Waals surface area contributed by atoms with Crippen LogP contribution in [-0.4, -0.2) is 39.2 Å². The zero-order valence-electron chi connectivity index (χ0n) is 16.1. The van der Waals surface area contributed by atoms with Gasteiger partial charge in [0.2, 0.25) is 0 Å². The molecular weight excluding hydrogens is 404 g/mol. The molecule has 0 spiro atoms. The van der Waals surface area contributed by atoms with Crippen LogP contribution in [-0.2, 0) is 6.42 Å². The number of aromatic nitrogens is 2. The number of hydrogen-bond acceptors (Lipinski definition) is 4. The number of piperidine rings is 1. The second-order valence-corrected chi connectivity index (χ2v) is 8.96. The number of Topliss-reactive ketones (excluding diaryl/α,β-unsaturated/α-hetero) is 1. The van der Waals surface area contributed by atoms with E-state index in [0.717, 1.165) is 30.0 Å². The van der Waals surface area contributed by atoms with Crippen LogP contribution in [0.1, 0.15) is 46.6 Å². The Morgan fingerprint density at radius 2 is 1.86 bits per heavy atom. The average Bonchev–Trinajstić information content (AvgIpc) is 3.41. The number of carbonyl (C=O) groups excluding carboxylic acids is 1. The van der Waals surface area contributed by atoms with E-state index < -0.39 is 0 Å². The van der Waals surface area contributed by atoms with Crippen molar-refractivity contribution in [2.75, 3.05) is 13.1 Å². The van der Waals surface area contributed by atoms with Crippen molar-refractivity contribution in [1.82, 2.24) is 14.5 Å². The van der Waals surface area contributed by atoms with E-state index in [1.165, 1.54) is 30.6 Å². The first-order valence-corrected chi connectivity index (χ1v) is 11.1. The van der Waals surface area contributed by atoms with E-state index in [1.54, 1.807) is 18.5 Å². The fourth-order valence-electron chi connectivity index (χ4n) is 3.55. The largest absolute Gasteiger partial charge is 0.357 e. The first kappa shape index (κ1) is 19.9. The molecule has 1 aliphatic rings. The second-order valence-electron chi connectivity index (χ2n) is 7.24. The zero-order chi connectivity index (χ0) is 20.2. The third-order valence-corrected chi connectivity index (χ3v) is 6.48. The third-order valence-electron chi connectivity index (χ3n) is 5.20. The van der Waals surface area contributed by atoms with Crippen LogP contribution >= 0.6 is 22.9 Å². The molecule has 2 aromatic heterocycles. The van der Waals surface area contributed by atoms with E-state index in [0.29, 0.717) is 27.9 Å². The van der Waals surface area contributed by atoms with Crippen molar-refractivity contribution in [3.05, 3.63) is 69.4 Å². The number of thiophene rings is 1. The monoisotopic (exact) mass is 426 g/mol. The van der Waals surface area contributed by atoms with E-state index in [1.807, 2.05) is 35.0 Å². The Kier molecular flexibility index (Phi) is 6.11. The number of nitrogens with one attached hydrogen (secondary N) is 1. The fraction of sp³-hybridized carbons (Fsp3) is 0.318. The van der Waals surface area contributed by atoms with Crippen LogP contribution in [0, 0.1) is 5.41 Å². The molecule has 3 aromatic rings. The number of carbonyl (C=O) groups is 1. The molecule has 1 aliphatic heterocycles. The number of nitrogens with zero attached hydrogens (tertiary/aromatic N) is 3. The number of imidazole rings is 1. The van der Waals surface area contributed by atoms with Gasteiger partial charge >= 0.3 is 0 Å². The Hall–Kier alpha value is -2.44. The smallest absolute Gasteiger partial charge is 0.173 e. The van der Waals surface area contributed by atoms with Gasteiger partial charge in [0.25, 0.3) is 0 Å². The van der Waals surface area contributed by atoms with Gasteiger partial charge in [-0.3, -0.25) is 10.2 Å². The molecule has 0 amide bonds. The van der Waals surface area contributed by atoms with Gasteiger partial charge in [-0.2, -0.15) is 0 Å². The number of ketones is 1. The molecule has 29 heavy (non-hydrogen) atoms. The molecule has 0 atom stereocenters. The highest BCUT2D eigenvalue weighted by molar-refractivity contribution is 7.18. The van der Waals surface area contributed by atoms with Crippen LogP contribution in [0.4, 0.5) is 0 Å². The molecule has 150 valence electrons. The number of aryl methyl sites for hydroxylation is 1. The van der Waals surface area contributed by atoms with Gasteiger partial charge in [0.05, 0.1) is 21.2 Å². The summed E-state index contributed by atoms with van der Waals surface area (Å²) in [4.78, 5) is 19.5. The van der Waals surface area contributed by atoms with Gasteiger partial charge < -0.3 is 9.47 Å². The lowest BCUT2D eigenvalue weighted by atomic mass is 10.1. The Bertz CT molecular complexity index is 1000. The molecule has 0 bridgehead atoms. The number of benzene rings is 1. The highest BCUT2D eigenvalue weighted by Crippen LogP contribution is 2.23. The van der Waals surface area contributed by atoms with E-state index in [2.05, 4.69) is 9.88 Å². The highest BCUT2D eigenvalue weighted by atomic mass is 35.5. The van der Waals surface area contributed by atoms with Crippen molar-refractivity contribution in [3.8, 4) is 5.69 Å². The molecule has 1 saturated heterocycles. The van der Waals surface area contributed by atoms with Gasteiger partial charge in [0.15, 0.2) is 5.78 Å². The normalized spacial score (nSPS) is 14.2. The summed E-state index contributed by atoms with van der Waals surface area (Å²) < 4.78 is 2.59. The van der Waals surface area contributed by atoms with Gasteiger partial charge in [-0.15, -0.1) is 11.3 Å². The van der Waals surface area contributed by atoms with Crippen LogP contribution in [0.3, 0.4) is 0 Å². The third kappa shape index (κ3) is 4.77. The predicted molar refractivity (Wildman–Crippen MR) is 118 cm³/mol. The molecule has 1 aromatic carbocycles. The molecular formula is C22H23ClN4OS. The van der Waals surface area contributed by atoms with Gasteiger partial charge in [0, 0.05) is 37.0 Å². The zero-order valence-corrected chi connectivity index (χ0v) is 17.7. The van der Waals surface area contributed by atoms with Crippen LogP contribution < -0.4 is 0 Å². The Labute approximate surface area is 179 Å². The summed E-state index contributed by atoms with van der Waals surface area (Å²) in [6, 6.07) is 11.5. The van der Waals surface area contributed by atoms with Crippen LogP contribution in [0.5, 0.6) is 0 Å². The van der Waals surface area contributed by atoms with E-state index in [-0.39, 0.29) is 5.78 Å². The SMILES string of the molecule is N=C(c1ccc(-n2cnc(CCC(=O)c3ccc(Cl)s3)c2)cc1)N1CCCCC1. The number of rotatable bonds is 6. The Balaban J connectivity index is 1.37. The van der Waals surface area contributed by atoms with Crippen molar-refractivity contribution >= 4 is 34.6 Å². The van der Waals surface area contributed by atoms with Crippen molar-refractivity contribution in [2.24, 2.45) is 0 Å². The van der Waals surface area contributed by atoms with E-state index >= 15 is 0 Å². The van der Waals surface area contributed by atoms with Gasteiger partial charge in [-0.25, -0.2) is 4.98 Å². The minimum absolute atomic E-state index is 0.0945. The van der Waals surface area contributed by atoms with Crippen molar-refractivity contribution in [1.29, 1.82) is 5.41 Å². The quantitative estimate of drug-likeness (QED) is 0.334. The summed E-state index contributed by atoms with van der Waals surface area (Å²) in [5, 5.41) is 8.44. The molecule has 0 saturated carbocycles. The van der Waals surface area contributed by atoms with E-state index in [4.69, 9.17) is 17.0 Å². The number of hydrogen-bond donors (Lipinski definition) is 1. The predicted octanol–water partition coefficient (Wildman–Crippen LogP) is 5.21. The Morgan fingerprint density at radius 3 is 2.55 bits per heavy atom. The molecule has 7 heteroatoms. The molecule has 4 rings (SSSR count). The highest BCUT2D eigenvalue weighted by Gasteiger charge is 2.15. The van der Waals surface area contributed by atoms with Crippen LogP contribution in [0.2, 0.25) is 4.34 Å². The molecule has 5 nitrogen and oxygen atoms in total. The second kappa shape index (κ2) is 8.93. The topological polar surface area (TPSA) is 62.0 Å². The van der Waals surface area contributed by atoms with E-state index in [9.17, 15) is 4.79 Å². The first-order valence-electron chi connectivity index (χ1n) is 9.86. The lowest BCUT2D eigenvalue weighted by molar-refractivity contribution is 0.0986. The molecule has 0 aliphatic carbocycles. The maximum absolute atomic E-state index is 12.2. The minimum Gasteiger partial charge on any atom is -0.357 e.